The zero-order chi connectivity index (χ0) is 34.4. The van der Waals surface area contributed by atoms with Crippen molar-refractivity contribution in [2.45, 2.75) is 114 Å². The topological polar surface area (TPSA) is 51.8 Å². The third-order valence-electron chi connectivity index (χ3n) is 13.8. The molecule has 0 radical (unpaired) electrons. The molecule has 258 valence electrons. The average molecular weight is 672 g/mol. The van der Waals surface area contributed by atoms with E-state index in [-0.39, 0.29) is 10.8 Å². The standard InChI is InChI=1S/C47H49N3O/c1-45(2,3)38-27-34(44-49-42(32-10-6-4-7-11-32)48-43(50-44)33-12-8-5-9-13-33)26-36-37-28-35(46-20-14-30(15-21-46)16-22-46)29-39(41(37)51-40(36)38)47-23-17-31(18-24-47)19-25-47/h4-13,26-31H,14-25H2,1-3H3. The normalized spacial score (nSPS) is 25.9. The van der Waals surface area contributed by atoms with Crippen molar-refractivity contribution >= 4 is 21.9 Å². The van der Waals surface area contributed by atoms with Crippen LogP contribution in [0.2, 0.25) is 0 Å². The summed E-state index contributed by atoms with van der Waals surface area (Å²) in [7, 11) is 0. The maximum absolute atomic E-state index is 7.28. The first-order valence-corrected chi connectivity index (χ1v) is 19.7. The molecule has 51 heavy (non-hydrogen) atoms. The maximum atomic E-state index is 7.28. The Morgan fingerprint density at radius 1 is 0.529 bits per heavy atom. The molecule has 6 aliphatic carbocycles. The summed E-state index contributed by atoms with van der Waals surface area (Å²) in [5, 5.41) is 2.51. The second-order valence-corrected chi connectivity index (χ2v) is 17.7. The van der Waals surface area contributed by atoms with Crippen LogP contribution < -0.4 is 0 Å². The predicted molar refractivity (Wildman–Crippen MR) is 208 cm³/mol. The summed E-state index contributed by atoms with van der Waals surface area (Å²) >= 11 is 0. The fraction of sp³-hybridized carbons (Fsp3) is 0.426. The van der Waals surface area contributed by atoms with Crippen LogP contribution in [0.3, 0.4) is 0 Å². The van der Waals surface area contributed by atoms with E-state index in [2.05, 4.69) is 69.3 Å². The van der Waals surface area contributed by atoms with Crippen molar-refractivity contribution in [3.63, 3.8) is 0 Å². The van der Waals surface area contributed by atoms with E-state index in [1.807, 2.05) is 36.4 Å². The van der Waals surface area contributed by atoms with Gasteiger partial charge in [-0.25, -0.2) is 15.0 Å². The first kappa shape index (κ1) is 31.4. The lowest BCUT2D eigenvalue weighted by Crippen LogP contribution is -2.40. The third kappa shape index (κ3) is 5.19. The van der Waals surface area contributed by atoms with Crippen LogP contribution in [0.4, 0.5) is 0 Å². The van der Waals surface area contributed by atoms with Crippen molar-refractivity contribution in [3.05, 3.63) is 102 Å². The van der Waals surface area contributed by atoms with Crippen molar-refractivity contribution in [1.82, 2.24) is 15.0 Å². The maximum Gasteiger partial charge on any atom is 0.164 e. The van der Waals surface area contributed by atoms with Crippen LogP contribution in [0.5, 0.6) is 0 Å². The van der Waals surface area contributed by atoms with Crippen LogP contribution in [-0.4, -0.2) is 15.0 Å². The van der Waals surface area contributed by atoms with E-state index >= 15 is 0 Å². The highest BCUT2D eigenvalue weighted by Crippen LogP contribution is 2.57. The fourth-order valence-corrected chi connectivity index (χ4v) is 10.6. The van der Waals surface area contributed by atoms with E-state index in [0.29, 0.717) is 22.9 Å². The highest BCUT2D eigenvalue weighted by molar-refractivity contribution is 6.09. The third-order valence-corrected chi connectivity index (χ3v) is 13.8. The number of hydrogen-bond donors (Lipinski definition) is 0. The Bertz CT molecular complexity index is 2180. The van der Waals surface area contributed by atoms with Gasteiger partial charge in [-0.15, -0.1) is 0 Å². The second-order valence-electron chi connectivity index (χ2n) is 17.7. The molecule has 0 N–H and O–H groups in total. The van der Waals surface area contributed by atoms with Gasteiger partial charge in [0, 0.05) is 38.6 Å². The number of nitrogens with zero attached hydrogens (tertiary/aromatic N) is 3. The largest absolute Gasteiger partial charge is 0.455 e. The van der Waals surface area contributed by atoms with Crippen LogP contribution in [-0.2, 0) is 16.2 Å². The molecule has 2 heterocycles. The second kappa shape index (κ2) is 11.6. The summed E-state index contributed by atoms with van der Waals surface area (Å²) in [6, 6.07) is 30.5. The van der Waals surface area contributed by atoms with Crippen molar-refractivity contribution in [3.8, 4) is 34.2 Å². The number of benzene rings is 4. The SMILES string of the molecule is CC(C)(C)c1cc(-c2nc(-c3ccccc3)nc(-c3ccccc3)n2)cc2c1oc1c(C34CCC(CC3)CC4)cc(C34CCC(CC3)CC4)cc12. The van der Waals surface area contributed by atoms with Crippen LogP contribution in [0, 0.1) is 11.8 Å². The van der Waals surface area contributed by atoms with Crippen LogP contribution >= 0.6 is 0 Å². The lowest BCUT2D eigenvalue weighted by Gasteiger charge is -2.49. The molecule has 4 nitrogen and oxygen atoms in total. The van der Waals surface area contributed by atoms with Gasteiger partial charge in [0.15, 0.2) is 17.5 Å². The summed E-state index contributed by atoms with van der Waals surface area (Å²) in [4.78, 5) is 15.4. The minimum Gasteiger partial charge on any atom is -0.455 e. The summed E-state index contributed by atoms with van der Waals surface area (Å²) in [5.41, 5.74) is 9.88. The minimum atomic E-state index is -0.149. The van der Waals surface area contributed by atoms with Gasteiger partial charge in [0.25, 0.3) is 0 Å². The number of aromatic nitrogens is 3. The van der Waals surface area contributed by atoms with Gasteiger partial charge < -0.3 is 4.42 Å². The van der Waals surface area contributed by atoms with Crippen LogP contribution in [0.1, 0.15) is 115 Å². The van der Waals surface area contributed by atoms with E-state index in [1.165, 1.54) is 98.9 Å². The molecule has 4 bridgehead atoms. The van der Waals surface area contributed by atoms with E-state index in [0.717, 1.165) is 39.7 Å². The van der Waals surface area contributed by atoms with Gasteiger partial charge in [-0.1, -0.05) is 87.5 Å². The molecule has 4 aromatic carbocycles. The van der Waals surface area contributed by atoms with Gasteiger partial charge in [0.05, 0.1) is 0 Å². The van der Waals surface area contributed by atoms with Gasteiger partial charge in [0.1, 0.15) is 11.2 Å². The Kier molecular flexibility index (Phi) is 7.15. The minimum absolute atomic E-state index is 0.149. The number of hydrogen-bond acceptors (Lipinski definition) is 4. The molecule has 0 atom stereocenters. The highest BCUT2D eigenvalue weighted by atomic mass is 16.3. The Labute approximate surface area is 302 Å². The van der Waals surface area contributed by atoms with Crippen LogP contribution in [0.25, 0.3) is 56.1 Å². The number of furan rings is 1. The fourth-order valence-electron chi connectivity index (χ4n) is 10.6. The monoisotopic (exact) mass is 671 g/mol. The predicted octanol–water partition coefficient (Wildman–Crippen LogP) is 12.5. The van der Waals surface area contributed by atoms with Gasteiger partial charge in [-0.05, 0) is 129 Å². The molecule has 0 aliphatic heterocycles. The van der Waals surface area contributed by atoms with Crippen molar-refractivity contribution in [1.29, 1.82) is 0 Å². The van der Waals surface area contributed by atoms with E-state index in [1.54, 1.807) is 5.56 Å². The lowest BCUT2D eigenvalue weighted by molar-refractivity contribution is 0.131. The van der Waals surface area contributed by atoms with E-state index in [9.17, 15) is 0 Å². The lowest BCUT2D eigenvalue weighted by atomic mass is 9.55. The van der Waals surface area contributed by atoms with Crippen molar-refractivity contribution in [2.24, 2.45) is 11.8 Å². The molecule has 2 aromatic heterocycles. The van der Waals surface area contributed by atoms with E-state index < -0.39 is 0 Å². The molecule has 6 aromatic rings. The van der Waals surface area contributed by atoms with Gasteiger partial charge in [-0.2, -0.15) is 0 Å². The molecular formula is C47H49N3O. The molecular weight excluding hydrogens is 623 g/mol. The summed E-state index contributed by atoms with van der Waals surface area (Å²) < 4.78 is 7.28. The number of fused-ring (bicyclic) bond motifs is 9. The number of rotatable bonds is 5. The van der Waals surface area contributed by atoms with Crippen molar-refractivity contribution in [2.75, 3.05) is 0 Å². The summed E-state index contributed by atoms with van der Waals surface area (Å²) in [5.74, 6) is 3.95. The van der Waals surface area contributed by atoms with Crippen molar-refractivity contribution < 1.29 is 4.42 Å². The molecule has 6 aliphatic rings. The van der Waals surface area contributed by atoms with Gasteiger partial charge in [0.2, 0.25) is 0 Å². The summed E-state index contributed by atoms with van der Waals surface area (Å²) in [6.07, 6.45) is 16.2. The molecule has 0 saturated heterocycles. The summed E-state index contributed by atoms with van der Waals surface area (Å²) in [6.45, 7) is 6.93. The first-order valence-electron chi connectivity index (χ1n) is 19.7. The molecule has 0 unspecified atom stereocenters. The molecule has 4 heteroatoms. The molecule has 0 amide bonds. The smallest absolute Gasteiger partial charge is 0.164 e. The van der Waals surface area contributed by atoms with E-state index in [4.69, 9.17) is 19.4 Å². The first-order chi connectivity index (χ1) is 24.8. The van der Waals surface area contributed by atoms with Gasteiger partial charge in [-0.3, -0.25) is 0 Å². The quantitative estimate of drug-likeness (QED) is 0.183. The Morgan fingerprint density at radius 2 is 1.00 bits per heavy atom. The Hall–Kier alpha value is -4.31. The van der Waals surface area contributed by atoms with Crippen LogP contribution in [0.15, 0.2) is 89.3 Å². The molecule has 6 saturated carbocycles. The molecule has 12 rings (SSSR count). The average Bonchev–Trinajstić information content (AvgIpc) is 3.57. The zero-order valence-corrected chi connectivity index (χ0v) is 30.5. The zero-order valence-electron chi connectivity index (χ0n) is 30.5. The Morgan fingerprint density at radius 3 is 1.51 bits per heavy atom. The van der Waals surface area contributed by atoms with Gasteiger partial charge >= 0.3 is 0 Å². The molecule has 6 fully saturated rings. The molecule has 0 spiro atoms. The highest BCUT2D eigenvalue weighted by Gasteiger charge is 2.46. The Balaban J connectivity index is 1.24.